The van der Waals surface area contributed by atoms with Crippen molar-refractivity contribution in [1.29, 1.82) is 0 Å². The number of carboxylic acids is 1. The fourth-order valence-corrected chi connectivity index (χ4v) is 5.08. The number of rotatable bonds is 10. The molecule has 0 spiro atoms. The molecule has 2 fully saturated rings. The van der Waals surface area contributed by atoms with Crippen LogP contribution < -0.4 is 10.9 Å². The summed E-state index contributed by atoms with van der Waals surface area (Å²) in [5.41, 5.74) is 3.48. The maximum Gasteiger partial charge on any atom is 0.327 e. The molecule has 11 heteroatoms. The number of carbonyl (C=O) groups excluding carboxylic acids is 1. The predicted octanol–water partition coefficient (Wildman–Crippen LogP) is 2.56. The van der Waals surface area contributed by atoms with Crippen LogP contribution in [0.4, 0.5) is 0 Å². The summed E-state index contributed by atoms with van der Waals surface area (Å²) in [6.07, 6.45) is 5.09. The molecule has 188 valence electrons. The van der Waals surface area contributed by atoms with Gasteiger partial charge in [0.05, 0.1) is 0 Å². The number of aryl methyl sites for hydroxylation is 2. The van der Waals surface area contributed by atoms with E-state index in [2.05, 4.69) is 25.7 Å². The van der Waals surface area contributed by atoms with Crippen LogP contribution >= 0.6 is 11.6 Å². The first-order chi connectivity index (χ1) is 17.4. The molecular weight excluding hydrogens is 484 g/mol. The third kappa shape index (κ3) is 5.64. The molecule has 0 radical (unpaired) electrons. The van der Waals surface area contributed by atoms with Gasteiger partial charge in [0.1, 0.15) is 0 Å². The van der Waals surface area contributed by atoms with E-state index in [4.69, 9.17) is 16.7 Å². The normalized spacial score (nSPS) is 18.2. The Kier molecular flexibility index (Phi) is 6.86. The molecule has 1 unspecified atom stereocenters. The molecule has 5 rings (SSSR count). The van der Waals surface area contributed by atoms with Crippen LogP contribution in [0.25, 0.3) is 0 Å². The number of aromatic nitrogens is 5. The van der Waals surface area contributed by atoms with E-state index in [0.29, 0.717) is 42.4 Å². The second kappa shape index (κ2) is 10.2. The minimum Gasteiger partial charge on any atom is -0.480 e. The van der Waals surface area contributed by atoms with Crippen LogP contribution in [0.2, 0.25) is 5.02 Å². The Bertz CT molecular complexity index is 1350. The van der Waals surface area contributed by atoms with Crippen LogP contribution in [0.15, 0.2) is 35.1 Å². The smallest absolute Gasteiger partial charge is 0.327 e. The molecular formula is C25H27ClN6O4. The van der Waals surface area contributed by atoms with Gasteiger partial charge in [0, 0.05) is 41.1 Å². The van der Waals surface area contributed by atoms with E-state index in [1.807, 2.05) is 30.3 Å². The zero-order valence-corrected chi connectivity index (χ0v) is 20.4. The van der Waals surface area contributed by atoms with Gasteiger partial charge in [-0.15, -0.1) is 10.2 Å². The molecule has 0 bridgehead atoms. The van der Waals surface area contributed by atoms with Crippen molar-refractivity contribution in [2.45, 2.75) is 69.4 Å². The van der Waals surface area contributed by atoms with E-state index in [1.165, 1.54) is 0 Å². The van der Waals surface area contributed by atoms with Gasteiger partial charge in [-0.05, 0) is 66.5 Å². The predicted molar refractivity (Wildman–Crippen MR) is 131 cm³/mol. The molecule has 3 N–H and O–H groups in total. The quantitative estimate of drug-likeness (QED) is 0.380. The molecule has 3 aromatic rings. The van der Waals surface area contributed by atoms with Crippen LogP contribution in [0.5, 0.6) is 0 Å². The topological polar surface area (TPSA) is 143 Å². The van der Waals surface area contributed by atoms with Gasteiger partial charge in [-0.2, -0.15) is 4.80 Å². The first-order valence-electron chi connectivity index (χ1n) is 12.1. The molecule has 36 heavy (non-hydrogen) atoms. The van der Waals surface area contributed by atoms with Crippen LogP contribution in [-0.2, 0) is 29.0 Å². The number of aromatic amines is 1. The Labute approximate surface area is 212 Å². The van der Waals surface area contributed by atoms with Crippen LogP contribution in [-0.4, -0.2) is 48.2 Å². The largest absolute Gasteiger partial charge is 0.480 e. The van der Waals surface area contributed by atoms with E-state index >= 15 is 0 Å². The number of hydrogen-bond donors (Lipinski definition) is 3. The molecule has 1 aliphatic heterocycles. The Hall–Kier alpha value is -3.53. The number of aliphatic carboxylic acids is 1. The SMILES string of the molecule is O=C(O)Cn1nnc(CCc2ccc(C(C[C@H]3CCC(=O)N3)c3ccc(C4CC4)c(=O)[nH]3)cc2Cl)n1. The molecule has 2 aliphatic rings. The summed E-state index contributed by atoms with van der Waals surface area (Å²) in [6.45, 7) is -0.338. The Morgan fingerprint density at radius 1 is 1.17 bits per heavy atom. The molecule has 1 saturated heterocycles. The summed E-state index contributed by atoms with van der Waals surface area (Å²) < 4.78 is 0. The number of halogens is 1. The number of nitrogens with zero attached hydrogens (tertiary/aromatic N) is 4. The van der Waals surface area contributed by atoms with Gasteiger partial charge < -0.3 is 15.4 Å². The van der Waals surface area contributed by atoms with Gasteiger partial charge in [-0.1, -0.05) is 29.8 Å². The van der Waals surface area contributed by atoms with Gasteiger partial charge in [0.15, 0.2) is 12.4 Å². The fourth-order valence-electron chi connectivity index (χ4n) is 4.79. The fraction of sp³-hybridized carbons (Fsp3) is 0.440. The zero-order chi connectivity index (χ0) is 25.2. The highest BCUT2D eigenvalue weighted by Crippen LogP contribution is 2.39. The van der Waals surface area contributed by atoms with Gasteiger partial charge >= 0.3 is 5.97 Å². The number of amides is 1. The second-order valence-corrected chi connectivity index (χ2v) is 9.95. The summed E-state index contributed by atoms with van der Waals surface area (Å²) in [5, 5.41) is 24.2. The summed E-state index contributed by atoms with van der Waals surface area (Å²) in [6, 6.07) is 9.84. The van der Waals surface area contributed by atoms with E-state index in [-0.39, 0.29) is 30.0 Å². The lowest BCUT2D eigenvalue weighted by Crippen LogP contribution is -2.28. The van der Waals surface area contributed by atoms with Crippen molar-refractivity contribution in [2.24, 2.45) is 0 Å². The third-order valence-electron chi connectivity index (χ3n) is 6.83. The number of benzene rings is 1. The van der Waals surface area contributed by atoms with Gasteiger partial charge in [-0.3, -0.25) is 14.4 Å². The molecule has 3 heterocycles. The minimum absolute atomic E-state index is 0.0343. The second-order valence-electron chi connectivity index (χ2n) is 9.54. The summed E-state index contributed by atoms with van der Waals surface area (Å²) >= 11 is 6.67. The highest BCUT2D eigenvalue weighted by atomic mass is 35.5. The van der Waals surface area contributed by atoms with Crippen LogP contribution in [0, 0.1) is 0 Å². The monoisotopic (exact) mass is 510 g/mol. The van der Waals surface area contributed by atoms with Gasteiger partial charge in [-0.25, -0.2) is 0 Å². The lowest BCUT2D eigenvalue weighted by molar-refractivity contribution is -0.138. The first-order valence-corrected chi connectivity index (χ1v) is 12.5. The van der Waals surface area contributed by atoms with Crippen molar-refractivity contribution >= 4 is 23.5 Å². The summed E-state index contributed by atoms with van der Waals surface area (Å²) in [7, 11) is 0. The first kappa shape index (κ1) is 24.2. The van der Waals surface area contributed by atoms with Crippen molar-refractivity contribution in [1.82, 2.24) is 30.5 Å². The third-order valence-corrected chi connectivity index (χ3v) is 7.18. The number of carbonyl (C=O) groups is 2. The van der Waals surface area contributed by atoms with E-state index in [1.54, 1.807) is 0 Å². The number of pyridine rings is 1. The number of H-pyrrole nitrogens is 1. The minimum atomic E-state index is -1.03. The molecule has 2 aromatic heterocycles. The zero-order valence-electron chi connectivity index (χ0n) is 19.6. The highest BCUT2D eigenvalue weighted by molar-refractivity contribution is 6.31. The van der Waals surface area contributed by atoms with Crippen molar-refractivity contribution in [3.05, 3.63) is 73.9 Å². The Morgan fingerprint density at radius 2 is 2.00 bits per heavy atom. The number of nitrogens with one attached hydrogen (secondary N) is 2. The van der Waals surface area contributed by atoms with Crippen molar-refractivity contribution < 1.29 is 14.7 Å². The molecule has 1 amide bonds. The van der Waals surface area contributed by atoms with Crippen molar-refractivity contribution in [2.75, 3.05) is 0 Å². The van der Waals surface area contributed by atoms with E-state index in [0.717, 1.165) is 46.4 Å². The van der Waals surface area contributed by atoms with Gasteiger partial charge in [0.2, 0.25) is 5.91 Å². The maximum absolute atomic E-state index is 12.7. The van der Waals surface area contributed by atoms with Crippen molar-refractivity contribution in [3.8, 4) is 0 Å². The number of hydrogen-bond acceptors (Lipinski definition) is 6. The molecule has 1 aliphatic carbocycles. The average Bonchev–Trinajstić information content (AvgIpc) is 3.45. The molecule has 1 saturated carbocycles. The molecule has 2 atom stereocenters. The molecule has 1 aromatic carbocycles. The summed E-state index contributed by atoms with van der Waals surface area (Å²) in [5.74, 6) is -0.297. The maximum atomic E-state index is 12.7. The Morgan fingerprint density at radius 3 is 2.67 bits per heavy atom. The van der Waals surface area contributed by atoms with Gasteiger partial charge in [0.25, 0.3) is 5.56 Å². The Balaban J connectivity index is 1.35. The summed E-state index contributed by atoms with van der Waals surface area (Å²) in [4.78, 5) is 39.5. The number of carboxylic acid groups (broad SMARTS) is 1. The standard InChI is InChI=1S/C25H27ClN6O4/c26-20-11-16(4-3-15(20)5-9-22-29-31-32(30-22)13-24(34)35)19(12-17-6-10-23(33)27-17)21-8-7-18(14-1-2-14)25(36)28-21/h3-4,7-8,11,14,17,19H,1-2,5-6,9-10,12-13H2,(H,27,33)(H,28,36)(H,34,35)/t17-,19?/m1/s1. The lowest BCUT2D eigenvalue weighted by Gasteiger charge is -2.22. The average molecular weight is 511 g/mol. The lowest BCUT2D eigenvalue weighted by atomic mass is 9.87. The van der Waals surface area contributed by atoms with Crippen LogP contribution in [0.3, 0.4) is 0 Å². The van der Waals surface area contributed by atoms with Crippen LogP contribution in [0.1, 0.15) is 72.1 Å². The van der Waals surface area contributed by atoms with Crippen molar-refractivity contribution in [3.63, 3.8) is 0 Å². The van der Waals surface area contributed by atoms with E-state index in [9.17, 15) is 14.4 Å². The number of tetrazole rings is 1. The molecule has 10 nitrogen and oxygen atoms in total. The highest BCUT2D eigenvalue weighted by Gasteiger charge is 2.29. The van der Waals surface area contributed by atoms with E-state index < -0.39 is 5.97 Å².